The van der Waals surface area contributed by atoms with E-state index < -0.39 is 0 Å². The molecule has 0 spiro atoms. The van der Waals surface area contributed by atoms with Gasteiger partial charge in [-0.15, -0.1) is 0 Å². The third kappa shape index (κ3) is 5.05. The van der Waals surface area contributed by atoms with E-state index in [1.807, 2.05) is 34.2 Å². The number of rotatable bonds is 8. The zero-order valence-corrected chi connectivity index (χ0v) is 20.3. The van der Waals surface area contributed by atoms with E-state index in [-0.39, 0.29) is 5.91 Å². The number of hydrogen-bond acceptors (Lipinski definition) is 4. The van der Waals surface area contributed by atoms with Crippen molar-refractivity contribution in [2.24, 2.45) is 0 Å². The number of benzene rings is 2. The van der Waals surface area contributed by atoms with Gasteiger partial charge in [0, 0.05) is 34.7 Å². The van der Waals surface area contributed by atoms with Gasteiger partial charge in [0.1, 0.15) is 11.3 Å². The van der Waals surface area contributed by atoms with Gasteiger partial charge in [0.15, 0.2) is 0 Å². The van der Waals surface area contributed by atoms with E-state index in [1.165, 1.54) is 11.1 Å². The second-order valence-electron chi connectivity index (χ2n) is 8.70. The van der Waals surface area contributed by atoms with Gasteiger partial charge < -0.3 is 19.4 Å². The summed E-state index contributed by atoms with van der Waals surface area (Å²) < 4.78 is 11.7. The molecule has 3 rings (SSSR count). The van der Waals surface area contributed by atoms with E-state index >= 15 is 0 Å². The highest BCUT2D eigenvalue weighted by Gasteiger charge is 2.19. The fourth-order valence-corrected chi connectivity index (χ4v) is 4.13. The van der Waals surface area contributed by atoms with Crippen LogP contribution in [0.4, 0.5) is 0 Å². The number of fused-ring (bicyclic) bond motifs is 1. The zero-order chi connectivity index (χ0) is 23.4. The number of aryl methyl sites for hydroxylation is 3. The third-order valence-electron chi connectivity index (χ3n) is 5.77. The van der Waals surface area contributed by atoms with Crippen LogP contribution >= 0.6 is 0 Å². The average Bonchev–Trinajstić information content (AvgIpc) is 3.15. The summed E-state index contributed by atoms with van der Waals surface area (Å²) in [7, 11) is 5.71. The maximum absolute atomic E-state index is 12.5. The molecule has 0 unspecified atom stereocenters. The summed E-state index contributed by atoms with van der Waals surface area (Å²) in [6.45, 7) is 9.73. The van der Waals surface area contributed by atoms with E-state index in [0.29, 0.717) is 6.54 Å². The first-order valence-corrected chi connectivity index (χ1v) is 11.0. The monoisotopic (exact) mass is 434 g/mol. The van der Waals surface area contributed by atoms with Crippen molar-refractivity contribution in [2.75, 3.05) is 34.3 Å². The first kappa shape index (κ1) is 23.6. The van der Waals surface area contributed by atoms with Crippen molar-refractivity contribution in [3.05, 3.63) is 58.9 Å². The van der Waals surface area contributed by atoms with Crippen LogP contribution in [0.5, 0.6) is 5.75 Å². The summed E-state index contributed by atoms with van der Waals surface area (Å²) in [5.74, 6) is 0.635. The SMILES string of the molecule is COc1c(/C(C)=C/C(=O)NCCCN(C)C)cc2c(-c3ccc(C)cc3C)coc2c1C. The number of methoxy groups -OCH3 is 1. The second-order valence-corrected chi connectivity index (χ2v) is 8.70. The molecule has 0 aliphatic rings. The summed E-state index contributed by atoms with van der Waals surface area (Å²) in [5.41, 5.74) is 8.10. The van der Waals surface area contributed by atoms with E-state index in [4.69, 9.17) is 9.15 Å². The maximum Gasteiger partial charge on any atom is 0.244 e. The largest absolute Gasteiger partial charge is 0.496 e. The van der Waals surface area contributed by atoms with Gasteiger partial charge in [-0.1, -0.05) is 23.8 Å². The van der Waals surface area contributed by atoms with Crippen molar-refractivity contribution in [1.29, 1.82) is 0 Å². The number of carbonyl (C=O) groups is 1. The maximum atomic E-state index is 12.5. The Kier molecular flexibility index (Phi) is 7.41. The van der Waals surface area contributed by atoms with Crippen LogP contribution < -0.4 is 10.1 Å². The predicted molar refractivity (Wildman–Crippen MR) is 132 cm³/mol. The normalized spacial score (nSPS) is 11.9. The van der Waals surface area contributed by atoms with Crippen LogP contribution in [-0.2, 0) is 4.79 Å². The van der Waals surface area contributed by atoms with Gasteiger partial charge in [0.05, 0.1) is 13.4 Å². The van der Waals surface area contributed by atoms with Crippen LogP contribution in [0, 0.1) is 20.8 Å². The molecule has 3 aromatic rings. The van der Waals surface area contributed by atoms with Crippen LogP contribution in [0.2, 0.25) is 0 Å². The number of nitrogens with one attached hydrogen (secondary N) is 1. The van der Waals surface area contributed by atoms with Gasteiger partial charge in [-0.3, -0.25) is 4.79 Å². The average molecular weight is 435 g/mol. The minimum Gasteiger partial charge on any atom is -0.496 e. The molecule has 2 aromatic carbocycles. The topological polar surface area (TPSA) is 54.7 Å². The third-order valence-corrected chi connectivity index (χ3v) is 5.77. The Morgan fingerprint density at radius 3 is 2.56 bits per heavy atom. The lowest BCUT2D eigenvalue weighted by Crippen LogP contribution is -2.25. The molecule has 0 aliphatic heterocycles. The Morgan fingerprint density at radius 2 is 1.91 bits per heavy atom. The Hall–Kier alpha value is -3.05. The van der Waals surface area contributed by atoms with Gasteiger partial charge in [-0.05, 0) is 77.5 Å². The molecule has 5 nitrogen and oxygen atoms in total. The van der Waals surface area contributed by atoms with E-state index in [2.05, 4.69) is 48.3 Å². The van der Waals surface area contributed by atoms with Gasteiger partial charge in [-0.25, -0.2) is 0 Å². The number of carbonyl (C=O) groups excluding carboxylic acids is 1. The van der Waals surface area contributed by atoms with Crippen molar-refractivity contribution in [3.8, 4) is 16.9 Å². The Bertz CT molecular complexity index is 1160. The lowest BCUT2D eigenvalue weighted by atomic mass is 9.94. The summed E-state index contributed by atoms with van der Waals surface area (Å²) in [5, 5.41) is 3.99. The zero-order valence-electron chi connectivity index (χ0n) is 20.3. The standard InChI is InChI=1S/C27H34N2O3/c1-17-9-10-21(18(2)13-17)24-16-32-27-20(4)26(31-7)22(15-23(24)27)19(3)14-25(30)28-11-8-12-29(5)6/h9-10,13-16H,8,11-12H2,1-7H3,(H,28,30)/b19-14+. The molecule has 170 valence electrons. The Balaban J connectivity index is 2.00. The van der Waals surface area contributed by atoms with Crippen LogP contribution in [-0.4, -0.2) is 45.1 Å². The van der Waals surface area contributed by atoms with Crippen LogP contribution in [0.3, 0.4) is 0 Å². The highest BCUT2D eigenvalue weighted by molar-refractivity contribution is 6.02. The summed E-state index contributed by atoms with van der Waals surface area (Å²) in [6, 6.07) is 8.50. The fraction of sp³-hybridized carbons (Fsp3) is 0.370. The molecule has 0 saturated heterocycles. The van der Waals surface area contributed by atoms with Gasteiger partial charge in [0.2, 0.25) is 5.91 Å². The number of amides is 1. The molecule has 1 N–H and O–H groups in total. The number of ether oxygens (including phenoxy) is 1. The lowest BCUT2D eigenvalue weighted by molar-refractivity contribution is -0.116. The number of hydrogen-bond donors (Lipinski definition) is 1. The van der Waals surface area contributed by atoms with Crippen molar-refractivity contribution in [2.45, 2.75) is 34.1 Å². The predicted octanol–water partition coefficient (Wildman–Crippen LogP) is 5.50. The molecule has 0 atom stereocenters. The molecule has 1 amide bonds. The minimum atomic E-state index is -0.0946. The molecule has 0 radical (unpaired) electrons. The summed E-state index contributed by atoms with van der Waals surface area (Å²) in [4.78, 5) is 14.6. The van der Waals surface area contributed by atoms with Crippen molar-refractivity contribution in [3.63, 3.8) is 0 Å². The van der Waals surface area contributed by atoms with Gasteiger partial charge in [0.25, 0.3) is 0 Å². The van der Waals surface area contributed by atoms with E-state index in [0.717, 1.165) is 57.5 Å². The summed E-state index contributed by atoms with van der Waals surface area (Å²) in [6.07, 6.45) is 4.37. The highest BCUT2D eigenvalue weighted by Crippen LogP contribution is 2.41. The Labute approximate surface area is 191 Å². The first-order chi connectivity index (χ1) is 15.2. The van der Waals surface area contributed by atoms with E-state index in [1.54, 1.807) is 13.2 Å². The number of allylic oxidation sites excluding steroid dienone is 1. The van der Waals surface area contributed by atoms with Crippen molar-refractivity contribution in [1.82, 2.24) is 10.2 Å². The minimum absolute atomic E-state index is 0.0946. The molecule has 5 heteroatoms. The van der Waals surface area contributed by atoms with Crippen molar-refractivity contribution >= 4 is 22.4 Å². The molecule has 0 fully saturated rings. The molecule has 1 aromatic heterocycles. The molecule has 0 bridgehead atoms. The summed E-state index contributed by atoms with van der Waals surface area (Å²) >= 11 is 0. The van der Waals surface area contributed by atoms with Crippen LogP contribution in [0.1, 0.15) is 35.6 Å². The van der Waals surface area contributed by atoms with Crippen LogP contribution in [0.25, 0.3) is 27.7 Å². The number of nitrogens with zero attached hydrogens (tertiary/aromatic N) is 1. The van der Waals surface area contributed by atoms with Gasteiger partial charge in [-0.2, -0.15) is 0 Å². The molecular formula is C27H34N2O3. The number of furan rings is 1. The second kappa shape index (κ2) is 10.0. The smallest absolute Gasteiger partial charge is 0.244 e. The Morgan fingerprint density at radius 1 is 1.16 bits per heavy atom. The lowest BCUT2D eigenvalue weighted by Gasteiger charge is -2.14. The molecule has 1 heterocycles. The van der Waals surface area contributed by atoms with E-state index in [9.17, 15) is 4.79 Å². The molecular weight excluding hydrogens is 400 g/mol. The van der Waals surface area contributed by atoms with Crippen LogP contribution in [0.15, 0.2) is 41.0 Å². The fourth-order valence-electron chi connectivity index (χ4n) is 4.13. The first-order valence-electron chi connectivity index (χ1n) is 11.0. The molecule has 32 heavy (non-hydrogen) atoms. The molecule has 0 aliphatic carbocycles. The van der Waals surface area contributed by atoms with Gasteiger partial charge >= 0.3 is 0 Å². The quantitative estimate of drug-likeness (QED) is 0.375. The molecule has 0 saturated carbocycles. The highest BCUT2D eigenvalue weighted by atomic mass is 16.5. The van der Waals surface area contributed by atoms with Crippen molar-refractivity contribution < 1.29 is 13.9 Å².